The lowest BCUT2D eigenvalue weighted by Gasteiger charge is -2.31. The number of amides is 1. The lowest BCUT2D eigenvalue weighted by Crippen LogP contribution is -2.41. The van der Waals surface area contributed by atoms with E-state index in [1.807, 2.05) is 61.5 Å². The van der Waals surface area contributed by atoms with Gasteiger partial charge >= 0.3 is 0 Å². The zero-order chi connectivity index (χ0) is 23.2. The lowest BCUT2D eigenvalue weighted by molar-refractivity contribution is 0.0643. The Hall–Kier alpha value is -3.74. The molecule has 33 heavy (non-hydrogen) atoms. The maximum Gasteiger partial charge on any atom is 0.274 e. The second-order valence-corrected chi connectivity index (χ2v) is 8.24. The van der Waals surface area contributed by atoms with Crippen molar-refractivity contribution in [2.75, 3.05) is 19.7 Å². The maximum absolute atomic E-state index is 13.0. The molecule has 1 aliphatic heterocycles. The molecule has 1 saturated heterocycles. The second kappa shape index (κ2) is 10.3. The smallest absolute Gasteiger partial charge is 0.274 e. The first-order valence-corrected chi connectivity index (χ1v) is 11.2. The topological polar surface area (TPSA) is 81.5 Å². The monoisotopic (exact) mass is 445 g/mol. The average Bonchev–Trinajstić information content (AvgIpc) is 2.85. The normalized spacial score (nSPS) is 14.2. The number of benzene rings is 2. The first-order valence-electron chi connectivity index (χ1n) is 11.2. The molecule has 0 N–H and O–H groups in total. The molecule has 1 aromatic heterocycles. The van der Waals surface area contributed by atoms with Gasteiger partial charge in [-0.25, -0.2) is 4.68 Å². The van der Waals surface area contributed by atoms with E-state index in [9.17, 15) is 14.4 Å². The molecule has 3 aromatic rings. The van der Waals surface area contributed by atoms with Crippen LogP contribution in [-0.4, -0.2) is 46.1 Å². The summed E-state index contributed by atoms with van der Waals surface area (Å²) in [6.07, 6.45) is 1.23. The van der Waals surface area contributed by atoms with Crippen molar-refractivity contribution in [1.29, 1.82) is 0 Å². The summed E-state index contributed by atoms with van der Waals surface area (Å²) >= 11 is 0. The highest BCUT2D eigenvalue weighted by Gasteiger charge is 2.29. The van der Waals surface area contributed by atoms with Gasteiger partial charge in [-0.2, -0.15) is 5.10 Å². The third-order valence-corrected chi connectivity index (χ3v) is 5.89. The van der Waals surface area contributed by atoms with E-state index in [1.165, 1.54) is 16.8 Å². The number of likely N-dealkylation sites (tertiary alicyclic amines) is 1. The van der Waals surface area contributed by atoms with Crippen LogP contribution in [0.15, 0.2) is 71.5 Å². The van der Waals surface area contributed by atoms with Gasteiger partial charge in [0.2, 0.25) is 0 Å². The quantitative estimate of drug-likeness (QED) is 0.521. The fourth-order valence-corrected chi connectivity index (χ4v) is 3.95. The van der Waals surface area contributed by atoms with Crippen molar-refractivity contribution >= 4 is 11.7 Å². The molecule has 0 radical (unpaired) electrons. The van der Waals surface area contributed by atoms with Gasteiger partial charge in [-0.1, -0.05) is 48.0 Å². The Morgan fingerprint density at radius 2 is 1.67 bits per heavy atom. The van der Waals surface area contributed by atoms with Crippen LogP contribution in [0.4, 0.5) is 0 Å². The van der Waals surface area contributed by atoms with Crippen LogP contribution in [0.2, 0.25) is 0 Å². The molecule has 0 saturated carbocycles. The summed E-state index contributed by atoms with van der Waals surface area (Å²) in [6, 6.07) is 19.7. The van der Waals surface area contributed by atoms with Crippen molar-refractivity contribution in [3.63, 3.8) is 0 Å². The minimum absolute atomic E-state index is 0.0891. The summed E-state index contributed by atoms with van der Waals surface area (Å²) in [7, 11) is 0. The highest BCUT2D eigenvalue weighted by molar-refractivity contribution is 5.98. The number of hydrogen-bond acceptors (Lipinski definition) is 5. The zero-order valence-corrected chi connectivity index (χ0v) is 18.6. The Kier molecular flexibility index (Phi) is 6.98. The van der Waals surface area contributed by atoms with Crippen molar-refractivity contribution in [3.05, 3.63) is 93.9 Å². The third-order valence-electron chi connectivity index (χ3n) is 5.89. The number of carbonyl (C=O) groups excluding carboxylic acids is 2. The standard InChI is InChI=1S/C26H27N3O4/c1-19-7-9-20(10-8-19)25(31)21-13-15-28(16-14-21)26(32)23-11-12-24(30)29(27-23)17-18-33-22-5-3-2-4-6-22/h2-12,21H,13-18H2,1H3. The number of carbonyl (C=O) groups is 2. The van der Waals surface area contributed by atoms with Crippen LogP contribution in [0.25, 0.3) is 0 Å². The van der Waals surface area contributed by atoms with E-state index in [0.29, 0.717) is 31.7 Å². The number of Topliss-reactive ketones (excluding diaryl/α,β-unsaturated/α-hetero) is 1. The number of ether oxygens (including phenoxy) is 1. The summed E-state index contributed by atoms with van der Waals surface area (Å²) in [4.78, 5) is 39.6. The van der Waals surface area contributed by atoms with E-state index in [1.54, 1.807) is 4.90 Å². The molecule has 170 valence electrons. The van der Waals surface area contributed by atoms with Gasteiger partial charge in [0.05, 0.1) is 6.54 Å². The number of nitrogens with zero attached hydrogens (tertiary/aromatic N) is 3. The van der Waals surface area contributed by atoms with Crippen molar-refractivity contribution in [2.24, 2.45) is 5.92 Å². The Bertz CT molecular complexity index is 1160. The number of aromatic nitrogens is 2. The molecular formula is C26H27N3O4. The largest absolute Gasteiger partial charge is 0.492 e. The average molecular weight is 446 g/mol. The van der Waals surface area contributed by atoms with Crippen LogP contribution in [0.5, 0.6) is 5.75 Å². The second-order valence-electron chi connectivity index (χ2n) is 8.24. The minimum atomic E-state index is -0.286. The zero-order valence-electron chi connectivity index (χ0n) is 18.6. The van der Waals surface area contributed by atoms with Gasteiger partial charge in [-0.15, -0.1) is 0 Å². The molecule has 0 unspecified atom stereocenters. The molecule has 0 aliphatic carbocycles. The number of piperidine rings is 1. The SMILES string of the molecule is Cc1ccc(C(=O)C2CCN(C(=O)c3ccc(=O)n(CCOc4ccccc4)n3)CC2)cc1. The van der Waals surface area contributed by atoms with Gasteiger partial charge in [-0.05, 0) is 38.0 Å². The van der Waals surface area contributed by atoms with Crippen LogP contribution in [-0.2, 0) is 6.54 Å². The molecule has 7 heteroatoms. The van der Waals surface area contributed by atoms with Gasteiger partial charge in [-0.3, -0.25) is 14.4 Å². The van der Waals surface area contributed by atoms with E-state index in [2.05, 4.69) is 5.10 Å². The number of aryl methyl sites for hydroxylation is 1. The first-order chi connectivity index (χ1) is 16.0. The molecule has 0 spiro atoms. The van der Waals surface area contributed by atoms with Crippen molar-refractivity contribution < 1.29 is 14.3 Å². The van der Waals surface area contributed by atoms with Crippen LogP contribution in [0.1, 0.15) is 39.3 Å². The number of rotatable bonds is 7. The van der Waals surface area contributed by atoms with Crippen molar-refractivity contribution in [2.45, 2.75) is 26.3 Å². The highest BCUT2D eigenvalue weighted by Crippen LogP contribution is 2.23. The summed E-state index contributed by atoms with van der Waals surface area (Å²) < 4.78 is 6.89. The van der Waals surface area contributed by atoms with E-state index in [0.717, 1.165) is 11.1 Å². The number of para-hydroxylation sites is 1. The molecule has 7 nitrogen and oxygen atoms in total. The van der Waals surface area contributed by atoms with Crippen LogP contribution in [0.3, 0.4) is 0 Å². The predicted octanol–water partition coefficient (Wildman–Crippen LogP) is 3.37. The Morgan fingerprint density at radius 3 is 2.36 bits per heavy atom. The molecule has 1 aliphatic rings. The fraction of sp³-hybridized carbons (Fsp3) is 0.308. The molecule has 1 fully saturated rings. The Labute approximate surface area is 192 Å². The van der Waals surface area contributed by atoms with E-state index < -0.39 is 0 Å². The van der Waals surface area contributed by atoms with E-state index in [-0.39, 0.29) is 42.0 Å². The van der Waals surface area contributed by atoms with Gasteiger partial charge in [0.15, 0.2) is 5.78 Å². The Morgan fingerprint density at radius 1 is 0.970 bits per heavy atom. The maximum atomic E-state index is 13.0. The molecule has 0 bridgehead atoms. The van der Waals surface area contributed by atoms with Gasteiger partial charge < -0.3 is 9.64 Å². The highest BCUT2D eigenvalue weighted by atomic mass is 16.5. The van der Waals surface area contributed by atoms with Gasteiger partial charge in [0.1, 0.15) is 18.1 Å². The predicted molar refractivity (Wildman–Crippen MR) is 125 cm³/mol. The Balaban J connectivity index is 1.34. The fourth-order valence-electron chi connectivity index (χ4n) is 3.95. The van der Waals surface area contributed by atoms with Gasteiger partial charge in [0, 0.05) is 30.6 Å². The molecular weight excluding hydrogens is 418 g/mol. The molecule has 2 aromatic carbocycles. The van der Waals surface area contributed by atoms with E-state index >= 15 is 0 Å². The van der Waals surface area contributed by atoms with Gasteiger partial charge in [0.25, 0.3) is 11.5 Å². The molecule has 0 atom stereocenters. The summed E-state index contributed by atoms with van der Waals surface area (Å²) in [5, 5.41) is 4.25. The van der Waals surface area contributed by atoms with Crippen molar-refractivity contribution in [1.82, 2.24) is 14.7 Å². The lowest BCUT2D eigenvalue weighted by atomic mass is 9.88. The molecule has 2 heterocycles. The summed E-state index contributed by atoms with van der Waals surface area (Å²) in [5.41, 5.74) is 1.77. The van der Waals surface area contributed by atoms with E-state index in [4.69, 9.17) is 4.74 Å². The van der Waals surface area contributed by atoms with Crippen LogP contribution in [0, 0.1) is 12.8 Å². The number of ketones is 1. The number of hydrogen-bond donors (Lipinski definition) is 0. The molecule has 1 amide bonds. The van der Waals surface area contributed by atoms with Crippen LogP contribution < -0.4 is 10.3 Å². The molecule has 4 rings (SSSR count). The summed E-state index contributed by atoms with van der Waals surface area (Å²) in [5.74, 6) is 0.524. The minimum Gasteiger partial charge on any atom is -0.492 e. The summed E-state index contributed by atoms with van der Waals surface area (Å²) in [6.45, 7) is 3.47. The van der Waals surface area contributed by atoms with Crippen LogP contribution >= 0.6 is 0 Å². The van der Waals surface area contributed by atoms with Crippen molar-refractivity contribution in [3.8, 4) is 5.75 Å². The third kappa shape index (κ3) is 5.55. The first kappa shape index (κ1) is 22.5.